The molecule has 0 unspecified atom stereocenters. The molecule has 0 aliphatic heterocycles. The van der Waals surface area contributed by atoms with E-state index in [1.165, 1.54) is 33.0 Å². The molecule has 7 nitrogen and oxygen atoms in total. The zero-order valence-corrected chi connectivity index (χ0v) is 18.2. The van der Waals surface area contributed by atoms with E-state index in [-0.39, 0.29) is 29.8 Å². The highest BCUT2D eigenvalue weighted by Gasteiger charge is 2.19. The maximum absolute atomic E-state index is 13.3. The second-order valence-electron chi connectivity index (χ2n) is 8.01. The van der Waals surface area contributed by atoms with Gasteiger partial charge in [0.05, 0.1) is 12.3 Å². The molecular weight excluding hydrogens is 423 g/mol. The highest BCUT2D eigenvalue weighted by atomic mass is 19.1. The Hall–Kier alpha value is -3.78. The Morgan fingerprint density at radius 3 is 2.55 bits per heavy atom. The van der Waals surface area contributed by atoms with Crippen LogP contribution < -0.4 is 10.9 Å². The molecule has 0 saturated carbocycles. The van der Waals surface area contributed by atoms with Gasteiger partial charge in [0.1, 0.15) is 17.9 Å². The number of aryl methyl sites for hydroxylation is 1. The first-order valence-electron chi connectivity index (χ1n) is 10.8. The van der Waals surface area contributed by atoms with E-state index in [2.05, 4.69) is 10.4 Å². The summed E-state index contributed by atoms with van der Waals surface area (Å²) in [6, 6.07) is 15.7. The van der Waals surface area contributed by atoms with Crippen LogP contribution in [0.1, 0.15) is 24.5 Å². The van der Waals surface area contributed by atoms with Gasteiger partial charge in [-0.05, 0) is 49.6 Å². The smallest absolute Gasteiger partial charge is 0.277 e. The first-order valence-corrected chi connectivity index (χ1v) is 10.8. The van der Waals surface area contributed by atoms with E-state index in [9.17, 15) is 19.1 Å². The number of aliphatic hydroxyl groups excluding tert-OH is 1. The lowest BCUT2D eigenvalue weighted by Crippen LogP contribution is -2.37. The molecule has 0 fully saturated rings. The number of rotatable bonds is 8. The van der Waals surface area contributed by atoms with Gasteiger partial charge in [0.15, 0.2) is 0 Å². The molecule has 0 aliphatic carbocycles. The summed E-state index contributed by atoms with van der Waals surface area (Å²) in [4.78, 5) is 25.6. The van der Waals surface area contributed by atoms with Crippen LogP contribution in [0.25, 0.3) is 16.8 Å². The van der Waals surface area contributed by atoms with Crippen LogP contribution in [0.5, 0.6) is 0 Å². The predicted molar refractivity (Wildman–Crippen MR) is 123 cm³/mol. The van der Waals surface area contributed by atoms with Gasteiger partial charge in [-0.25, -0.2) is 8.91 Å². The van der Waals surface area contributed by atoms with Crippen LogP contribution in [-0.2, 0) is 24.4 Å². The van der Waals surface area contributed by atoms with Crippen LogP contribution in [0.4, 0.5) is 4.39 Å². The van der Waals surface area contributed by atoms with E-state index in [0.717, 1.165) is 12.8 Å². The number of nitrogens with zero attached hydrogens (tertiary/aromatic N) is 3. The molecule has 8 heteroatoms. The van der Waals surface area contributed by atoms with E-state index in [0.29, 0.717) is 16.8 Å². The van der Waals surface area contributed by atoms with Crippen LogP contribution in [0.3, 0.4) is 0 Å². The van der Waals surface area contributed by atoms with Gasteiger partial charge in [-0.3, -0.25) is 9.59 Å². The lowest BCUT2D eigenvalue weighted by atomic mass is 10.1. The van der Waals surface area contributed by atoms with Crippen molar-refractivity contribution in [3.63, 3.8) is 0 Å². The first kappa shape index (κ1) is 22.4. The van der Waals surface area contributed by atoms with E-state index in [1.807, 2.05) is 37.3 Å². The number of hydrogen-bond acceptors (Lipinski definition) is 4. The summed E-state index contributed by atoms with van der Waals surface area (Å²) in [5, 5.41) is 17.3. The van der Waals surface area contributed by atoms with Crippen molar-refractivity contribution in [1.29, 1.82) is 0 Å². The number of fused-ring (bicyclic) bond motifs is 1. The Kier molecular flexibility index (Phi) is 6.65. The average Bonchev–Trinajstić information content (AvgIpc) is 3.20. The van der Waals surface area contributed by atoms with E-state index in [1.54, 1.807) is 18.3 Å². The van der Waals surface area contributed by atoms with Crippen molar-refractivity contribution < 1.29 is 14.3 Å². The number of amides is 1. The van der Waals surface area contributed by atoms with Gasteiger partial charge >= 0.3 is 0 Å². The molecular formula is C25H25FN4O3. The van der Waals surface area contributed by atoms with E-state index < -0.39 is 12.2 Å². The molecule has 0 bridgehead atoms. The molecule has 2 heterocycles. The summed E-state index contributed by atoms with van der Waals surface area (Å²) in [5.74, 6) is -0.662. The zero-order chi connectivity index (χ0) is 23.4. The van der Waals surface area contributed by atoms with Crippen LogP contribution in [0.2, 0.25) is 0 Å². The Balaban J connectivity index is 1.51. The first-order chi connectivity index (χ1) is 16.0. The zero-order valence-electron chi connectivity index (χ0n) is 18.2. The molecule has 0 aliphatic rings. The van der Waals surface area contributed by atoms with Crippen molar-refractivity contribution in [2.75, 3.05) is 0 Å². The van der Waals surface area contributed by atoms with Crippen molar-refractivity contribution in [3.05, 3.63) is 94.3 Å². The molecule has 33 heavy (non-hydrogen) atoms. The molecule has 0 saturated heterocycles. The molecule has 0 radical (unpaired) electrons. The molecule has 0 spiro atoms. The molecule has 2 N–H and O–H groups in total. The van der Waals surface area contributed by atoms with Crippen molar-refractivity contribution in [1.82, 2.24) is 19.5 Å². The third kappa shape index (κ3) is 5.01. The van der Waals surface area contributed by atoms with Gasteiger partial charge in [-0.2, -0.15) is 5.10 Å². The maximum atomic E-state index is 13.3. The molecule has 1 atom stereocenters. The lowest BCUT2D eigenvalue weighted by molar-refractivity contribution is -0.122. The van der Waals surface area contributed by atoms with Gasteiger partial charge in [0.25, 0.3) is 5.56 Å². The lowest BCUT2D eigenvalue weighted by Gasteiger charge is -2.14. The van der Waals surface area contributed by atoms with Crippen molar-refractivity contribution in [2.45, 2.75) is 39.0 Å². The predicted octanol–water partition coefficient (Wildman–Crippen LogP) is 2.93. The summed E-state index contributed by atoms with van der Waals surface area (Å²) in [6.45, 7) is 1.37. The van der Waals surface area contributed by atoms with Gasteiger partial charge in [0, 0.05) is 29.6 Å². The fourth-order valence-corrected chi connectivity index (χ4v) is 3.84. The van der Waals surface area contributed by atoms with Crippen molar-refractivity contribution in [3.8, 4) is 11.3 Å². The van der Waals surface area contributed by atoms with E-state index >= 15 is 0 Å². The maximum Gasteiger partial charge on any atom is 0.277 e. The highest BCUT2D eigenvalue weighted by Crippen LogP contribution is 2.25. The van der Waals surface area contributed by atoms with Crippen LogP contribution in [0.15, 0.2) is 71.8 Å². The van der Waals surface area contributed by atoms with Crippen LogP contribution >= 0.6 is 0 Å². The Morgan fingerprint density at radius 2 is 1.85 bits per heavy atom. The summed E-state index contributed by atoms with van der Waals surface area (Å²) < 4.78 is 16.0. The second-order valence-corrected chi connectivity index (χ2v) is 8.01. The van der Waals surface area contributed by atoms with Crippen LogP contribution in [-0.4, -0.2) is 31.2 Å². The minimum absolute atomic E-state index is 0.0508. The van der Waals surface area contributed by atoms with Crippen molar-refractivity contribution in [2.24, 2.45) is 0 Å². The average molecular weight is 448 g/mol. The minimum Gasteiger partial charge on any atom is -0.392 e. The van der Waals surface area contributed by atoms with Crippen LogP contribution in [0, 0.1) is 5.82 Å². The molecule has 2 aromatic carbocycles. The molecule has 4 rings (SSSR count). The van der Waals surface area contributed by atoms with Crippen molar-refractivity contribution >= 4 is 11.4 Å². The van der Waals surface area contributed by atoms with Gasteiger partial charge in [0.2, 0.25) is 5.91 Å². The Labute approximate surface area is 190 Å². The van der Waals surface area contributed by atoms with Gasteiger partial charge in [-0.1, -0.05) is 30.3 Å². The van der Waals surface area contributed by atoms with Gasteiger partial charge in [-0.15, -0.1) is 0 Å². The monoisotopic (exact) mass is 448 g/mol. The number of carbonyl (C=O) groups is 1. The summed E-state index contributed by atoms with van der Waals surface area (Å²) >= 11 is 0. The molecule has 170 valence electrons. The Bertz CT molecular complexity index is 1310. The quantitative estimate of drug-likeness (QED) is 0.434. The SMILES string of the molecule is C[C@H](CCc1ccccc1)NC(=O)Cn1ccn2nc(-c3ccc(F)cc3)c(CO)c2c1=O. The normalized spacial score (nSPS) is 12.1. The second kappa shape index (κ2) is 9.79. The Morgan fingerprint density at radius 1 is 1.12 bits per heavy atom. The number of halogens is 1. The van der Waals surface area contributed by atoms with Gasteiger partial charge < -0.3 is 15.0 Å². The largest absolute Gasteiger partial charge is 0.392 e. The minimum atomic E-state index is -0.436. The fraction of sp³-hybridized carbons (Fsp3) is 0.240. The number of carbonyl (C=O) groups excluding carboxylic acids is 1. The topological polar surface area (TPSA) is 88.6 Å². The number of hydrogen-bond donors (Lipinski definition) is 2. The third-order valence-electron chi connectivity index (χ3n) is 5.57. The number of aliphatic hydroxyl groups is 1. The molecule has 4 aromatic rings. The summed E-state index contributed by atoms with van der Waals surface area (Å²) in [5.41, 5.74) is 2.26. The molecule has 1 amide bonds. The number of aromatic nitrogens is 3. The highest BCUT2D eigenvalue weighted by molar-refractivity contribution is 5.76. The summed E-state index contributed by atoms with van der Waals surface area (Å²) in [6.07, 6.45) is 4.68. The number of benzene rings is 2. The number of nitrogens with one attached hydrogen (secondary N) is 1. The molecule has 2 aromatic heterocycles. The summed E-state index contributed by atoms with van der Waals surface area (Å²) in [7, 11) is 0. The standard InChI is InChI=1S/C25H25FN4O3/c1-17(7-8-18-5-3-2-4-6-18)27-22(32)15-29-13-14-30-24(25(29)33)21(16-31)23(28-30)19-9-11-20(26)12-10-19/h2-6,9-14,17,31H,7-8,15-16H2,1H3,(H,27,32)/t17-/m1/s1. The fourth-order valence-electron chi connectivity index (χ4n) is 3.84. The van der Waals surface area contributed by atoms with E-state index in [4.69, 9.17) is 0 Å². The third-order valence-corrected chi connectivity index (χ3v) is 5.57.